The third kappa shape index (κ3) is 6.18. The summed E-state index contributed by atoms with van der Waals surface area (Å²) in [5, 5.41) is 0. The van der Waals surface area contributed by atoms with Gasteiger partial charge in [0.1, 0.15) is 5.69 Å². The lowest BCUT2D eigenvalue weighted by Crippen LogP contribution is -2.51. The Morgan fingerprint density at radius 1 is 0.689 bits per heavy atom. The van der Waals surface area contributed by atoms with Crippen LogP contribution >= 0.6 is 0 Å². The number of hydrogen-bond donors (Lipinski definition) is 0. The Bertz CT molecular complexity index is 1670. The lowest BCUT2D eigenvalue weighted by molar-refractivity contribution is 0.0292. The van der Waals surface area contributed by atoms with E-state index in [1.165, 1.54) is 11.1 Å². The molecule has 0 unspecified atom stereocenters. The van der Waals surface area contributed by atoms with Crippen molar-refractivity contribution in [3.8, 4) is 11.1 Å². The van der Waals surface area contributed by atoms with Crippen molar-refractivity contribution >= 4 is 17.5 Å². The summed E-state index contributed by atoms with van der Waals surface area (Å²) in [6.45, 7) is 12.0. The second-order valence-corrected chi connectivity index (χ2v) is 12.3. The van der Waals surface area contributed by atoms with Gasteiger partial charge in [-0.25, -0.2) is 0 Å². The normalized spacial score (nSPS) is 17.4. The lowest BCUT2D eigenvalue weighted by atomic mass is 9.99. The maximum absolute atomic E-state index is 14.0. The molecule has 4 aromatic rings. The van der Waals surface area contributed by atoms with Gasteiger partial charge in [0, 0.05) is 69.3 Å². The lowest BCUT2D eigenvalue weighted by Gasteiger charge is -2.36. The van der Waals surface area contributed by atoms with Crippen LogP contribution in [0, 0.1) is 6.92 Å². The van der Waals surface area contributed by atoms with E-state index in [1.807, 2.05) is 76.5 Å². The fourth-order valence-corrected chi connectivity index (χ4v) is 6.82. The zero-order chi connectivity index (χ0) is 30.8. The van der Waals surface area contributed by atoms with Gasteiger partial charge < -0.3 is 19.1 Å². The highest BCUT2D eigenvalue weighted by Gasteiger charge is 2.30. The summed E-state index contributed by atoms with van der Waals surface area (Å²) in [5.74, 6) is 0.0210. The van der Waals surface area contributed by atoms with Crippen LogP contribution in [0.3, 0.4) is 0 Å². The monoisotopic (exact) mass is 603 g/mol. The second kappa shape index (κ2) is 13.0. The number of nitrogens with zero attached hydrogens (tertiary/aromatic N) is 5. The molecule has 0 radical (unpaired) electrons. The number of anilines is 1. The van der Waals surface area contributed by atoms with Crippen LogP contribution in [0.15, 0.2) is 84.9 Å². The van der Waals surface area contributed by atoms with E-state index in [0.717, 1.165) is 88.1 Å². The van der Waals surface area contributed by atoms with Crippen LogP contribution in [-0.2, 0) is 17.8 Å². The first-order valence-corrected chi connectivity index (χ1v) is 16.1. The summed E-state index contributed by atoms with van der Waals surface area (Å²) in [7, 11) is 0. The third-order valence-electron chi connectivity index (χ3n) is 9.55. The van der Waals surface area contributed by atoms with Crippen LogP contribution in [0.1, 0.15) is 37.7 Å². The molecular formula is C37H41N5O3. The number of piperazine rings is 1. The van der Waals surface area contributed by atoms with E-state index in [9.17, 15) is 9.59 Å². The molecule has 3 aliphatic heterocycles. The predicted octanol–water partition coefficient (Wildman–Crippen LogP) is 4.76. The SMILES string of the molecule is Cc1ccccc1-c1ccc(C(=O)N2Cc3ccc(C(=O)N4CCN(CCN5CCOCC5)CC4)n3Cc3ccccc32)cc1. The topological polar surface area (TPSA) is 61.3 Å². The molecule has 0 spiro atoms. The Morgan fingerprint density at radius 2 is 1.38 bits per heavy atom. The molecule has 45 heavy (non-hydrogen) atoms. The minimum atomic E-state index is -0.0467. The maximum Gasteiger partial charge on any atom is 0.270 e. The van der Waals surface area contributed by atoms with Crippen molar-refractivity contribution in [3.05, 3.63) is 113 Å². The van der Waals surface area contributed by atoms with Crippen LogP contribution < -0.4 is 4.90 Å². The zero-order valence-corrected chi connectivity index (χ0v) is 26.0. The van der Waals surface area contributed by atoms with Crippen LogP contribution in [0.25, 0.3) is 11.1 Å². The zero-order valence-electron chi connectivity index (χ0n) is 26.0. The first kappa shape index (κ1) is 29.5. The van der Waals surface area contributed by atoms with E-state index < -0.39 is 0 Å². The van der Waals surface area contributed by atoms with E-state index >= 15 is 0 Å². The van der Waals surface area contributed by atoms with Gasteiger partial charge in [0.15, 0.2) is 0 Å². The molecule has 2 saturated heterocycles. The molecule has 0 bridgehead atoms. The van der Waals surface area contributed by atoms with Crippen molar-refractivity contribution in [2.24, 2.45) is 0 Å². The van der Waals surface area contributed by atoms with Crippen LogP contribution in [0.5, 0.6) is 0 Å². The number of morpholine rings is 1. The van der Waals surface area contributed by atoms with E-state index in [0.29, 0.717) is 24.3 Å². The quantitative estimate of drug-likeness (QED) is 0.318. The Morgan fingerprint density at radius 3 is 2.13 bits per heavy atom. The van der Waals surface area contributed by atoms with Crippen LogP contribution in [0.2, 0.25) is 0 Å². The van der Waals surface area contributed by atoms with Gasteiger partial charge >= 0.3 is 0 Å². The van der Waals surface area contributed by atoms with Gasteiger partial charge in [0.25, 0.3) is 11.8 Å². The Balaban J connectivity index is 1.06. The standard InChI is InChI=1S/C37H41N5O3/c1-28-6-2-4-8-33(28)29-10-12-30(13-11-29)36(43)42-27-32-14-15-35(41(32)26-31-7-3-5-9-34(31)42)37(44)40-20-18-38(19-21-40)16-17-39-22-24-45-25-23-39/h2-15H,16-27H2,1H3. The van der Waals surface area contributed by atoms with Crippen molar-refractivity contribution in [2.45, 2.75) is 20.0 Å². The summed E-state index contributed by atoms with van der Waals surface area (Å²) in [6.07, 6.45) is 0. The number of aryl methyl sites for hydroxylation is 1. The van der Waals surface area contributed by atoms with Crippen molar-refractivity contribution < 1.29 is 14.3 Å². The number of carbonyl (C=O) groups excluding carboxylic acids is 2. The molecule has 0 atom stereocenters. The first-order chi connectivity index (χ1) is 22.0. The van der Waals surface area contributed by atoms with Gasteiger partial charge in [-0.05, 0) is 59.5 Å². The minimum absolute atomic E-state index is 0.0467. The maximum atomic E-state index is 14.0. The second-order valence-electron chi connectivity index (χ2n) is 12.3. The average molecular weight is 604 g/mol. The molecular weight excluding hydrogens is 562 g/mol. The van der Waals surface area contributed by atoms with Crippen LogP contribution in [0.4, 0.5) is 5.69 Å². The fourth-order valence-electron chi connectivity index (χ4n) is 6.82. The van der Waals surface area contributed by atoms with Gasteiger partial charge in [-0.1, -0.05) is 54.6 Å². The number of ether oxygens (including phenoxy) is 1. The van der Waals surface area contributed by atoms with E-state index in [1.54, 1.807) is 0 Å². The van der Waals surface area contributed by atoms with E-state index in [-0.39, 0.29) is 11.8 Å². The summed E-state index contributed by atoms with van der Waals surface area (Å²) < 4.78 is 7.58. The van der Waals surface area contributed by atoms with Gasteiger partial charge in [-0.3, -0.25) is 19.4 Å². The molecule has 0 aliphatic carbocycles. The average Bonchev–Trinajstić information content (AvgIpc) is 3.40. The number of rotatable bonds is 6. The summed E-state index contributed by atoms with van der Waals surface area (Å²) in [5.41, 5.74) is 7.68. The fraction of sp³-hybridized carbons (Fsp3) is 0.351. The molecule has 8 nitrogen and oxygen atoms in total. The van der Waals surface area contributed by atoms with Crippen molar-refractivity contribution in [3.63, 3.8) is 0 Å². The highest BCUT2D eigenvalue weighted by Crippen LogP contribution is 2.31. The largest absolute Gasteiger partial charge is 0.379 e. The molecule has 8 heteroatoms. The molecule has 4 heterocycles. The van der Waals surface area contributed by atoms with E-state index in [4.69, 9.17) is 4.74 Å². The molecule has 3 aromatic carbocycles. The van der Waals surface area contributed by atoms with E-state index in [2.05, 4.69) is 39.5 Å². The third-order valence-corrected chi connectivity index (χ3v) is 9.55. The number of hydrogen-bond acceptors (Lipinski definition) is 5. The number of benzene rings is 3. The molecule has 232 valence electrons. The molecule has 7 rings (SSSR count). The van der Waals surface area contributed by atoms with Crippen molar-refractivity contribution in [1.29, 1.82) is 0 Å². The van der Waals surface area contributed by atoms with Gasteiger partial charge in [0.2, 0.25) is 0 Å². The van der Waals surface area contributed by atoms with Crippen LogP contribution in [-0.4, -0.2) is 96.7 Å². The Hall–Kier alpha value is -4.24. The Kier molecular flexibility index (Phi) is 8.52. The van der Waals surface area contributed by atoms with Gasteiger partial charge in [0.05, 0.1) is 26.3 Å². The summed E-state index contributed by atoms with van der Waals surface area (Å²) >= 11 is 0. The number of aromatic nitrogens is 1. The molecule has 2 fully saturated rings. The predicted molar refractivity (Wildman–Crippen MR) is 177 cm³/mol. The number of carbonyl (C=O) groups is 2. The highest BCUT2D eigenvalue weighted by molar-refractivity contribution is 6.07. The van der Waals surface area contributed by atoms with Crippen molar-refractivity contribution in [2.75, 3.05) is 70.5 Å². The summed E-state index contributed by atoms with van der Waals surface area (Å²) in [6, 6.07) is 28.2. The first-order valence-electron chi connectivity index (χ1n) is 16.1. The summed E-state index contributed by atoms with van der Waals surface area (Å²) in [4.78, 5) is 36.7. The number of amides is 2. The van der Waals surface area contributed by atoms with Gasteiger partial charge in [-0.2, -0.15) is 0 Å². The van der Waals surface area contributed by atoms with Gasteiger partial charge in [-0.15, -0.1) is 0 Å². The smallest absolute Gasteiger partial charge is 0.270 e. The number of fused-ring (bicyclic) bond motifs is 2. The molecule has 0 N–H and O–H groups in total. The molecule has 1 aromatic heterocycles. The minimum Gasteiger partial charge on any atom is -0.379 e. The van der Waals surface area contributed by atoms with Crippen molar-refractivity contribution in [1.82, 2.24) is 19.3 Å². The highest BCUT2D eigenvalue weighted by atomic mass is 16.5. The Labute approximate surface area is 265 Å². The molecule has 0 saturated carbocycles. The molecule has 3 aliphatic rings. The number of para-hydroxylation sites is 1. The molecule has 2 amide bonds.